The molecule has 1 saturated carbocycles. The molecule has 2 N–H and O–H groups in total. The number of fused-ring (bicyclic) bond motifs is 1. The van der Waals surface area contributed by atoms with Crippen LogP contribution in [-0.2, 0) is 23.7 Å². The van der Waals surface area contributed by atoms with Crippen LogP contribution in [0.15, 0.2) is 36.7 Å². The molecule has 0 radical (unpaired) electrons. The molecule has 1 aromatic carbocycles. The van der Waals surface area contributed by atoms with Gasteiger partial charge in [-0.1, -0.05) is 26.0 Å². The highest BCUT2D eigenvalue weighted by atomic mass is 32.2. The summed E-state index contributed by atoms with van der Waals surface area (Å²) in [6.45, 7) is 5.24. The van der Waals surface area contributed by atoms with Gasteiger partial charge in [-0.15, -0.1) is 0 Å². The SMILES string of the molecule is CC1(C)Cc2nc(C3CCN(c4ncc(OCCCS(=O)O)cn4)CC3)c(C(F)c3ccc(C(F)(F)F)cc3)c(C3CCC(F)(F)CC3)c2C(O)C1. The van der Waals surface area contributed by atoms with Gasteiger partial charge in [-0.25, -0.2) is 27.3 Å². The van der Waals surface area contributed by atoms with Gasteiger partial charge in [-0.05, 0) is 79.5 Å². The highest BCUT2D eigenvalue weighted by molar-refractivity contribution is 7.79. The second-order valence-electron chi connectivity index (χ2n) is 15.1. The Hall–Kier alpha value is -3.30. The first-order chi connectivity index (χ1) is 24.5. The predicted octanol–water partition coefficient (Wildman–Crippen LogP) is 8.62. The van der Waals surface area contributed by atoms with Gasteiger partial charge in [-0.2, -0.15) is 13.2 Å². The van der Waals surface area contributed by atoms with E-state index in [1.54, 1.807) is 0 Å². The molecule has 1 saturated heterocycles. The summed E-state index contributed by atoms with van der Waals surface area (Å²) >= 11 is -1.90. The molecule has 1 aliphatic heterocycles. The third-order valence-corrected chi connectivity index (χ3v) is 11.2. The van der Waals surface area contributed by atoms with Crippen molar-refractivity contribution >= 4 is 17.0 Å². The summed E-state index contributed by atoms with van der Waals surface area (Å²) < 4.78 is 112. The predicted molar refractivity (Wildman–Crippen MR) is 184 cm³/mol. The number of anilines is 1. The van der Waals surface area contributed by atoms with Crippen molar-refractivity contribution in [3.05, 3.63) is 75.9 Å². The van der Waals surface area contributed by atoms with Gasteiger partial charge in [0.25, 0.3) is 0 Å². The van der Waals surface area contributed by atoms with Crippen LogP contribution in [0.2, 0.25) is 0 Å². The van der Waals surface area contributed by atoms with E-state index < -0.39 is 46.9 Å². The molecule has 2 aliphatic carbocycles. The maximum atomic E-state index is 17.2. The number of rotatable bonds is 10. The molecule has 2 aromatic heterocycles. The number of aromatic nitrogens is 3. The molecule has 3 heterocycles. The number of aliphatic hydroxyl groups is 1. The van der Waals surface area contributed by atoms with Gasteiger partial charge in [0.1, 0.15) is 0 Å². The van der Waals surface area contributed by atoms with E-state index in [1.165, 1.54) is 12.4 Å². The Balaban J connectivity index is 1.35. The molecule has 0 bridgehead atoms. The lowest BCUT2D eigenvalue weighted by Gasteiger charge is -2.41. The van der Waals surface area contributed by atoms with E-state index in [0.29, 0.717) is 79.4 Å². The third kappa shape index (κ3) is 8.73. The Morgan fingerprint density at radius 2 is 1.63 bits per heavy atom. The zero-order chi connectivity index (χ0) is 37.4. The van der Waals surface area contributed by atoms with Crippen LogP contribution in [0.3, 0.4) is 0 Å². The highest BCUT2D eigenvalue weighted by Gasteiger charge is 2.44. The average molecular weight is 755 g/mol. The van der Waals surface area contributed by atoms with E-state index in [4.69, 9.17) is 14.3 Å². The number of pyridine rings is 1. The number of alkyl halides is 6. The number of halogens is 6. The summed E-state index contributed by atoms with van der Waals surface area (Å²) in [6, 6.07) is 3.93. The Morgan fingerprint density at radius 1 is 1.00 bits per heavy atom. The maximum Gasteiger partial charge on any atom is 0.416 e. The molecule has 284 valence electrons. The Bertz CT molecular complexity index is 1720. The minimum absolute atomic E-state index is 0.00165. The normalized spacial score (nSPS) is 22.1. The first-order valence-corrected chi connectivity index (χ1v) is 19.0. The molecule has 52 heavy (non-hydrogen) atoms. The summed E-state index contributed by atoms with van der Waals surface area (Å²) in [6.07, 6.45) is -2.74. The number of ether oxygens (including phenoxy) is 1. The van der Waals surface area contributed by atoms with Crippen molar-refractivity contribution in [2.75, 3.05) is 30.3 Å². The largest absolute Gasteiger partial charge is 0.490 e. The second-order valence-corrected chi connectivity index (χ2v) is 16.1. The first kappa shape index (κ1) is 38.4. The van der Waals surface area contributed by atoms with Crippen LogP contribution < -0.4 is 9.64 Å². The summed E-state index contributed by atoms with van der Waals surface area (Å²) in [5.74, 6) is -2.62. The van der Waals surface area contributed by atoms with Crippen molar-refractivity contribution in [2.45, 2.75) is 108 Å². The fraction of sp³-hybridized carbons (Fsp3) is 0.595. The van der Waals surface area contributed by atoms with Gasteiger partial charge in [0.15, 0.2) is 23.0 Å². The molecule has 3 aliphatic rings. The number of hydrogen-bond donors (Lipinski definition) is 2. The second kappa shape index (κ2) is 15.2. The van der Waals surface area contributed by atoms with Crippen molar-refractivity contribution < 1.29 is 44.9 Å². The van der Waals surface area contributed by atoms with E-state index in [9.17, 15) is 31.3 Å². The summed E-state index contributed by atoms with van der Waals surface area (Å²) in [5, 5.41) is 11.6. The van der Waals surface area contributed by atoms with Crippen molar-refractivity contribution in [3.8, 4) is 5.75 Å². The van der Waals surface area contributed by atoms with E-state index in [2.05, 4.69) is 9.97 Å². The molecule has 2 fully saturated rings. The van der Waals surface area contributed by atoms with Gasteiger partial charge in [0.2, 0.25) is 11.9 Å². The molecule has 3 unspecified atom stereocenters. The average Bonchev–Trinajstić information content (AvgIpc) is 3.08. The van der Waals surface area contributed by atoms with Gasteiger partial charge in [0, 0.05) is 48.7 Å². The fourth-order valence-corrected chi connectivity index (χ4v) is 8.35. The lowest BCUT2D eigenvalue weighted by molar-refractivity contribution is -0.137. The zero-order valence-electron chi connectivity index (χ0n) is 29.1. The van der Waals surface area contributed by atoms with Crippen molar-refractivity contribution in [1.29, 1.82) is 0 Å². The van der Waals surface area contributed by atoms with Crippen LogP contribution in [0.1, 0.15) is 129 Å². The van der Waals surface area contributed by atoms with Crippen molar-refractivity contribution in [3.63, 3.8) is 0 Å². The van der Waals surface area contributed by atoms with E-state index in [0.717, 1.165) is 24.3 Å². The maximum absolute atomic E-state index is 17.2. The van der Waals surface area contributed by atoms with Crippen LogP contribution in [0.25, 0.3) is 0 Å². The zero-order valence-corrected chi connectivity index (χ0v) is 30.0. The van der Waals surface area contributed by atoms with E-state index in [1.807, 2.05) is 18.7 Å². The number of aliphatic hydroxyl groups excluding tert-OH is 1. The monoisotopic (exact) mass is 754 g/mol. The molecule has 3 atom stereocenters. The molecule has 3 aromatic rings. The standard InChI is InChI=1S/C37H44F6N4O4S/c1-35(2)18-27-30(28(48)19-35)29(22-8-12-36(39,40)13-9-22)31(32(38)23-4-6-25(7-5-23)37(41,42)43)33(46-27)24-10-14-47(15-11-24)34-44-20-26(21-45-34)51-16-3-17-52(49)50/h4-7,20-22,24,28,32,48H,3,8-19H2,1-2H3,(H,49,50). The fourth-order valence-electron chi connectivity index (χ4n) is 7.99. The summed E-state index contributed by atoms with van der Waals surface area (Å²) in [5.41, 5.74) is 1.03. The molecular formula is C37H44F6N4O4S. The Kier molecular flexibility index (Phi) is 11.2. The third-order valence-electron chi connectivity index (χ3n) is 10.6. The van der Waals surface area contributed by atoms with E-state index >= 15 is 4.39 Å². The Morgan fingerprint density at radius 3 is 2.23 bits per heavy atom. The van der Waals surface area contributed by atoms with Crippen LogP contribution in [0.4, 0.5) is 32.3 Å². The minimum atomic E-state index is -4.60. The Labute approximate surface area is 301 Å². The lowest BCUT2D eigenvalue weighted by Crippen LogP contribution is -2.36. The number of nitrogens with zero attached hydrogens (tertiary/aromatic N) is 4. The number of hydrogen-bond acceptors (Lipinski definition) is 7. The highest BCUT2D eigenvalue weighted by Crippen LogP contribution is 2.52. The molecule has 8 nitrogen and oxygen atoms in total. The number of piperidine rings is 1. The van der Waals surface area contributed by atoms with Gasteiger partial charge in [-0.3, -0.25) is 4.98 Å². The molecule has 15 heteroatoms. The van der Waals surface area contributed by atoms with Gasteiger partial charge in [0.05, 0.1) is 42.1 Å². The lowest BCUT2D eigenvalue weighted by atomic mass is 9.68. The molecule has 0 spiro atoms. The van der Waals surface area contributed by atoms with E-state index in [-0.39, 0.29) is 60.5 Å². The number of benzene rings is 1. The van der Waals surface area contributed by atoms with Gasteiger partial charge >= 0.3 is 6.18 Å². The van der Waals surface area contributed by atoms with Crippen LogP contribution >= 0.6 is 0 Å². The van der Waals surface area contributed by atoms with Crippen LogP contribution in [0, 0.1) is 5.41 Å². The molecular weight excluding hydrogens is 710 g/mol. The summed E-state index contributed by atoms with van der Waals surface area (Å²) in [4.78, 5) is 15.9. The summed E-state index contributed by atoms with van der Waals surface area (Å²) in [7, 11) is 0. The first-order valence-electron chi connectivity index (χ1n) is 17.7. The van der Waals surface area contributed by atoms with Gasteiger partial charge < -0.3 is 19.3 Å². The smallest absolute Gasteiger partial charge is 0.416 e. The topological polar surface area (TPSA) is 109 Å². The van der Waals surface area contributed by atoms with Crippen molar-refractivity contribution in [2.24, 2.45) is 5.41 Å². The van der Waals surface area contributed by atoms with Crippen LogP contribution in [-0.4, -0.2) is 60.2 Å². The minimum Gasteiger partial charge on any atom is -0.490 e. The van der Waals surface area contributed by atoms with Crippen LogP contribution in [0.5, 0.6) is 5.75 Å². The molecule has 6 rings (SSSR count). The quantitative estimate of drug-likeness (QED) is 0.120. The molecule has 0 amide bonds. The van der Waals surface area contributed by atoms with Crippen molar-refractivity contribution in [1.82, 2.24) is 15.0 Å².